The van der Waals surface area contributed by atoms with Crippen LogP contribution in [0.5, 0.6) is 5.75 Å². The van der Waals surface area contributed by atoms with Gasteiger partial charge in [-0.3, -0.25) is 0 Å². The van der Waals surface area contributed by atoms with Gasteiger partial charge in [-0.15, -0.1) is 0 Å². The van der Waals surface area contributed by atoms with Gasteiger partial charge in [0.2, 0.25) is 0 Å². The lowest BCUT2D eigenvalue weighted by Gasteiger charge is -2.22. The molecule has 1 aliphatic heterocycles. The van der Waals surface area contributed by atoms with Crippen molar-refractivity contribution in [1.29, 1.82) is 0 Å². The highest BCUT2D eigenvalue weighted by Crippen LogP contribution is 2.31. The Kier molecular flexibility index (Phi) is 3.95. The van der Waals surface area contributed by atoms with Gasteiger partial charge in [-0.05, 0) is 36.6 Å². The minimum absolute atomic E-state index is 0.351. The number of ether oxygens (including phenoxy) is 1. The molecule has 110 valence electrons. The Morgan fingerprint density at radius 2 is 1.86 bits per heavy atom. The SMILES string of the molecule is C[C@@H]1C[C@](O)(c2ccc(OCc3ccccc3)cc2)CN1. The maximum Gasteiger partial charge on any atom is 0.119 e. The summed E-state index contributed by atoms with van der Waals surface area (Å²) in [7, 11) is 0. The summed E-state index contributed by atoms with van der Waals surface area (Å²) in [4.78, 5) is 0. The van der Waals surface area contributed by atoms with Gasteiger partial charge in [0.1, 0.15) is 18.0 Å². The van der Waals surface area contributed by atoms with Crippen LogP contribution in [0.15, 0.2) is 54.6 Å². The van der Waals surface area contributed by atoms with Gasteiger partial charge in [-0.2, -0.15) is 0 Å². The maximum absolute atomic E-state index is 10.6. The largest absolute Gasteiger partial charge is 0.489 e. The summed E-state index contributed by atoms with van der Waals surface area (Å²) in [5.41, 5.74) is 1.35. The predicted molar refractivity (Wildman–Crippen MR) is 83.2 cm³/mol. The number of nitrogens with one attached hydrogen (secondary N) is 1. The Morgan fingerprint density at radius 1 is 1.14 bits per heavy atom. The molecule has 0 amide bonds. The lowest BCUT2D eigenvalue weighted by molar-refractivity contribution is 0.0564. The Labute approximate surface area is 125 Å². The van der Waals surface area contributed by atoms with Crippen molar-refractivity contribution in [3.63, 3.8) is 0 Å². The van der Waals surface area contributed by atoms with E-state index in [-0.39, 0.29) is 0 Å². The molecule has 3 nitrogen and oxygen atoms in total. The zero-order chi connectivity index (χ0) is 14.7. The monoisotopic (exact) mass is 283 g/mol. The fourth-order valence-corrected chi connectivity index (χ4v) is 2.82. The highest BCUT2D eigenvalue weighted by atomic mass is 16.5. The van der Waals surface area contributed by atoms with Crippen LogP contribution in [0.4, 0.5) is 0 Å². The summed E-state index contributed by atoms with van der Waals surface area (Å²) in [6.45, 7) is 3.26. The van der Waals surface area contributed by atoms with Crippen LogP contribution in [0.1, 0.15) is 24.5 Å². The van der Waals surface area contributed by atoms with Crippen LogP contribution < -0.4 is 10.1 Å². The van der Waals surface area contributed by atoms with Gasteiger partial charge in [0.25, 0.3) is 0 Å². The minimum Gasteiger partial charge on any atom is -0.489 e. The maximum atomic E-state index is 10.6. The normalized spacial score (nSPS) is 25.0. The van der Waals surface area contributed by atoms with E-state index in [0.29, 0.717) is 19.2 Å². The van der Waals surface area contributed by atoms with Crippen molar-refractivity contribution in [3.05, 3.63) is 65.7 Å². The topological polar surface area (TPSA) is 41.5 Å². The fraction of sp³-hybridized carbons (Fsp3) is 0.333. The third kappa shape index (κ3) is 3.26. The predicted octanol–water partition coefficient (Wildman–Crippen LogP) is 2.84. The van der Waals surface area contributed by atoms with Gasteiger partial charge in [0.05, 0.1) is 0 Å². The second-order valence-electron chi connectivity index (χ2n) is 5.82. The highest BCUT2D eigenvalue weighted by molar-refractivity contribution is 5.32. The van der Waals surface area contributed by atoms with Gasteiger partial charge in [0, 0.05) is 12.6 Å². The summed E-state index contributed by atoms with van der Waals surface area (Å²) in [6.07, 6.45) is 0.747. The Balaban J connectivity index is 1.64. The summed E-state index contributed by atoms with van der Waals surface area (Å²) in [5, 5.41) is 13.9. The number of benzene rings is 2. The van der Waals surface area contributed by atoms with Crippen molar-refractivity contribution in [2.45, 2.75) is 31.6 Å². The third-order valence-electron chi connectivity index (χ3n) is 4.03. The molecule has 1 heterocycles. The lowest BCUT2D eigenvalue weighted by atomic mass is 9.91. The molecule has 0 saturated carbocycles. The van der Waals surface area contributed by atoms with Crippen molar-refractivity contribution in [2.75, 3.05) is 6.54 Å². The van der Waals surface area contributed by atoms with Crippen LogP contribution in [-0.2, 0) is 12.2 Å². The molecule has 3 heteroatoms. The average molecular weight is 283 g/mol. The molecule has 0 radical (unpaired) electrons. The molecule has 2 atom stereocenters. The van der Waals surface area contributed by atoms with Crippen LogP contribution in [0.25, 0.3) is 0 Å². The van der Waals surface area contributed by atoms with E-state index in [0.717, 1.165) is 23.3 Å². The molecule has 0 unspecified atom stereocenters. The molecule has 0 aromatic heterocycles. The van der Waals surface area contributed by atoms with Crippen molar-refractivity contribution >= 4 is 0 Å². The molecule has 0 aliphatic carbocycles. The number of hydrogen-bond acceptors (Lipinski definition) is 3. The first kappa shape index (κ1) is 14.1. The molecule has 0 bridgehead atoms. The van der Waals surface area contributed by atoms with Crippen LogP contribution in [0, 0.1) is 0 Å². The van der Waals surface area contributed by atoms with Crippen molar-refractivity contribution in [1.82, 2.24) is 5.32 Å². The van der Waals surface area contributed by atoms with Crippen LogP contribution >= 0.6 is 0 Å². The van der Waals surface area contributed by atoms with E-state index in [1.54, 1.807) is 0 Å². The number of β-amino-alcohol motifs (C(OH)–C–C–N with tert-alkyl or cyclic N) is 1. The molecule has 3 rings (SSSR count). The lowest BCUT2D eigenvalue weighted by Crippen LogP contribution is -2.28. The molecule has 2 aromatic carbocycles. The van der Waals surface area contributed by atoms with Crippen LogP contribution in [0.3, 0.4) is 0 Å². The summed E-state index contributed by atoms with van der Waals surface area (Å²) in [5.74, 6) is 0.824. The van der Waals surface area contributed by atoms with Gasteiger partial charge in [-0.25, -0.2) is 0 Å². The zero-order valence-electron chi connectivity index (χ0n) is 12.3. The molecule has 1 aliphatic rings. The van der Waals surface area contributed by atoms with E-state index in [9.17, 15) is 5.11 Å². The number of rotatable bonds is 4. The van der Waals surface area contributed by atoms with Crippen LogP contribution in [0.2, 0.25) is 0 Å². The smallest absolute Gasteiger partial charge is 0.119 e. The van der Waals surface area contributed by atoms with E-state index in [4.69, 9.17) is 4.74 Å². The average Bonchev–Trinajstić information content (AvgIpc) is 2.87. The van der Waals surface area contributed by atoms with E-state index < -0.39 is 5.60 Å². The van der Waals surface area contributed by atoms with Gasteiger partial charge in [-0.1, -0.05) is 42.5 Å². The molecular formula is C18H21NO2. The molecule has 2 N–H and O–H groups in total. The Hall–Kier alpha value is -1.84. The highest BCUT2D eigenvalue weighted by Gasteiger charge is 2.36. The molecule has 1 fully saturated rings. The summed E-state index contributed by atoms with van der Waals surface area (Å²) < 4.78 is 5.77. The fourth-order valence-electron chi connectivity index (χ4n) is 2.82. The van der Waals surface area contributed by atoms with Crippen molar-refractivity contribution in [2.24, 2.45) is 0 Å². The molecule has 1 saturated heterocycles. The van der Waals surface area contributed by atoms with E-state index >= 15 is 0 Å². The van der Waals surface area contributed by atoms with Crippen LogP contribution in [-0.4, -0.2) is 17.7 Å². The molecule has 0 spiro atoms. The zero-order valence-corrected chi connectivity index (χ0v) is 12.3. The first-order valence-corrected chi connectivity index (χ1v) is 7.39. The van der Waals surface area contributed by atoms with E-state index in [1.165, 1.54) is 0 Å². The van der Waals surface area contributed by atoms with E-state index in [2.05, 4.69) is 12.2 Å². The molecule has 2 aromatic rings. The second-order valence-corrected chi connectivity index (χ2v) is 5.82. The summed E-state index contributed by atoms with van der Waals surface area (Å²) >= 11 is 0. The first-order valence-electron chi connectivity index (χ1n) is 7.39. The number of aliphatic hydroxyl groups is 1. The van der Waals surface area contributed by atoms with Crippen molar-refractivity contribution in [3.8, 4) is 5.75 Å². The summed E-state index contributed by atoms with van der Waals surface area (Å²) in [6, 6.07) is 18.2. The molecular weight excluding hydrogens is 262 g/mol. The second kappa shape index (κ2) is 5.88. The van der Waals surface area contributed by atoms with Crippen molar-refractivity contribution < 1.29 is 9.84 Å². The third-order valence-corrected chi connectivity index (χ3v) is 4.03. The molecule has 21 heavy (non-hydrogen) atoms. The van der Waals surface area contributed by atoms with E-state index in [1.807, 2.05) is 54.6 Å². The first-order chi connectivity index (χ1) is 10.2. The van der Waals surface area contributed by atoms with Gasteiger partial charge < -0.3 is 15.2 Å². The minimum atomic E-state index is -0.753. The standard InChI is InChI=1S/C18H21NO2/c1-14-11-18(20,13-19-14)16-7-9-17(10-8-16)21-12-15-5-3-2-4-6-15/h2-10,14,19-20H,11-13H2,1H3/t14-,18-/m1/s1. The Morgan fingerprint density at radius 3 is 2.48 bits per heavy atom. The van der Waals surface area contributed by atoms with Gasteiger partial charge in [0.15, 0.2) is 0 Å². The number of hydrogen-bond donors (Lipinski definition) is 2. The quantitative estimate of drug-likeness (QED) is 0.906. The van der Waals surface area contributed by atoms with Gasteiger partial charge >= 0.3 is 0 Å². The Bertz CT molecular complexity index is 582.